The summed E-state index contributed by atoms with van der Waals surface area (Å²) in [5.74, 6) is -0.134. The first kappa shape index (κ1) is 13.1. The maximum absolute atomic E-state index is 10.8. The van der Waals surface area contributed by atoms with E-state index in [1.165, 1.54) is 0 Å². The summed E-state index contributed by atoms with van der Waals surface area (Å²) in [4.78, 5) is 10.8. The molecule has 0 radical (unpaired) electrons. The van der Waals surface area contributed by atoms with Crippen LogP contribution in [0.25, 0.3) is 0 Å². The SMILES string of the molecule is Cc1noc(C)c1C(C)Nc1ccc(C(=O)O)cc1. The molecular weight excluding hydrogens is 244 g/mol. The zero-order chi connectivity index (χ0) is 14.0. The largest absolute Gasteiger partial charge is 0.478 e. The van der Waals surface area contributed by atoms with Crippen molar-refractivity contribution in [3.63, 3.8) is 0 Å². The first-order chi connectivity index (χ1) is 8.99. The van der Waals surface area contributed by atoms with E-state index in [4.69, 9.17) is 9.63 Å². The lowest BCUT2D eigenvalue weighted by molar-refractivity contribution is 0.0697. The van der Waals surface area contributed by atoms with Crippen LogP contribution in [0, 0.1) is 13.8 Å². The lowest BCUT2D eigenvalue weighted by atomic mass is 10.1. The highest BCUT2D eigenvalue weighted by Crippen LogP contribution is 2.24. The zero-order valence-electron chi connectivity index (χ0n) is 11.1. The van der Waals surface area contributed by atoms with Gasteiger partial charge in [-0.2, -0.15) is 0 Å². The van der Waals surface area contributed by atoms with Gasteiger partial charge in [0.2, 0.25) is 0 Å². The highest BCUT2D eigenvalue weighted by Gasteiger charge is 2.16. The average Bonchev–Trinajstić information content (AvgIpc) is 2.69. The Labute approximate surface area is 111 Å². The van der Waals surface area contributed by atoms with Crippen LogP contribution >= 0.6 is 0 Å². The van der Waals surface area contributed by atoms with E-state index in [0.717, 1.165) is 22.7 Å². The number of carbonyl (C=O) groups is 1. The van der Waals surface area contributed by atoms with Gasteiger partial charge in [0.25, 0.3) is 0 Å². The van der Waals surface area contributed by atoms with E-state index in [0.29, 0.717) is 0 Å². The predicted molar refractivity (Wildman–Crippen MR) is 71.4 cm³/mol. The number of hydrogen-bond donors (Lipinski definition) is 2. The van der Waals surface area contributed by atoms with Crippen molar-refractivity contribution in [1.29, 1.82) is 0 Å². The van der Waals surface area contributed by atoms with E-state index in [9.17, 15) is 4.79 Å². The summed E-state index contributed by atoms with van der Waals surface area (Å²) in [6.45, 7) is 5.79. The second-order valence-electron chi connectivity index (χ2n) is 4.49. The van der Waals surface area contributed by atoms with Crippen molar-refractivity contribution >= 4 is 11.7 Å². The number of aryl methyl sites for hydroxylation is 2. The number of carboxylic acid groups (broad SMARTS) is 1. The smallest absolute Gasteiger partial charge is 0.335 e. The van der Waals surface area contributed by atoms with Gasteiger partial charge in [0.15, 0.2) is 0 Å². The topological polar surface area (TPSA) is 75.4 Å². The minimum absolute atomic E-state index is 0.0435. The molecule has 2 aromatic rings. The molecule has 0 aliphatic heterocycles. The normalized spacial score (nSPS) is 12.2. The Bertz CT molecular complexity index is 568. The minimum Gasteiger partial charge on any atom is -0.478 e. The van der Waals surface area contributed by atoms with Crippen molar-refractivity contribution < 1.29 is 14.4 Å². The number of aromatic carboxylic acids is 1. The molecule has 1 atom stereocenters. The minimum atomic E-state index is -0.926. The van der Waals surface area contributed by atoms with Gasteiger partial charge in [-0.1, -0.05) is 5.16 Å². The van der Waals surface area contributed by atoms with Crippen LogP contribution in [0.5, 0.6) is 0 Å². The van der Waals surface area contributed by atoms with Crippen molar-refractivity contribution in [1.82, 2.24) is 5.16 Å². The number of nitrogens with one attached hydrogen (secondary N) is 1. The number of aromatic nitrogens is 1. The Morgan fingerprint density at radius 2 is 1.95 bits per heavy atom. The second-order valence-corrected chi connectivity index (χ2v) is 4.49. The van der Waals surface area contributed by atoms with Crippen LogP contribution in [0.2, 0.25) is 0 Å². The molecule has 5 nitrogen and oxygen atoms in total. The second kappa shape index (κ2) is 5.14. The van der Waals surface area contributed by atoms with Gasteiger partial charge in [0, 0.05) is 11.3 Å². The van der Waals surface area contributed by atoms with Crippen molar-refractivity contribution in [2.24, 2.45) is 0 Å². The number of hydrogen-bond acceptors (Lipinski definition) is 4. The third kappa shape index (κ3) is 2.76. The van der Waals surface area contributed by atoms with Crippen molar-refractivity contribution in [2.75, 3.05) is 5.32 Å². The molecule has 0 saturated carbocycles. The quantitative estimate of drug-likeness (QED) is 0.883. The number of benzene rings is 1. The monoisotopic (exact) mass is 260 g/mol. The average molecular weight is 260 g/mol. The molecule has 2 N–H and O–H groups in total. The first-order valence-electron chi connectivity index (χ1n) is 6.01. The Morgan fingerprint density at radius 1 is 1.32 bits per heavy atom. The fraction of sp³-hybridized carbons (Fsp3) is 0.286. The number of anilines is 1. The Morgan fingerprint density at radius 3 is 2.42 bits per heavy atom. The Hall–Kier alpha value is -2.30. The van der Waals surface area contributed by atoms with Gasteiger partial charge in [-0.05, 0) is 45.0 Å². The van der Waals surface area contributed by atoms with Gasteiger partial charge >= 0.3 is 5.97 Å². The molecule has 0 aliphatic carbocycles. The summed E-state index contributed by atoms with van der Waals surface area (Å²) < 4.78 is 5.14. The number of nitrogens with zero attached hydrogens (tertiary/aromatic N) is 1. The van der Waals surface area contributed by atoms with Crippen molar-refractivity contribution in [3.05, 3.63) is 46.8 Å². The first-order valence-corrected chi connectivity index (χ1v) is 6.01. The van der Waals surface area contributed by atoms with E-state index >= 15 is 0 Å². The van der Waals surface area contributed by atoms with Gasteiger partial charge < -0.3 is 14.9 Å². The predicted octanol–water partition coefficient (Wildman–Crippen LogP) is 3.16. The lowest BCUT2D eigenvalue weighted by Gasteiger charge is -2.15. The summed E-state index contributed by atoms with van der Waals surface area (Å²) in [6, 6.07) is 6.69. The fourth-order valence-corrected chi connectivity index (χ4v) is 2.14. The molecule has 5 heteroatoms. The standard InChI is InChI=1S/C14H16N2O3/c1-8(13-9(2)16-19-10(13)3)15-12-6-4-11(5-7-12)14(17)18/h4-8,15H,1-3H3,(H,17,18). The number of carboxylic acids is 1. The highest BCUT2D eigenvalue weighted by molar-refractivity contribution is 5.88. The summed E-state index contributed by atoms with van der Waals surface area (Å²) in [6.07, 6.45) is 0. The van der Waals surface area contributed by atoms with E-state index in [2.05, 4.69) is 10.5 Å². The lowest BCUT2D eigenvalue weighted by Crippen LogP contribution is -2.08. The fourth-order valence-electron chi connectivity index (χ4n) is 2.14. The van der Waals surface area contributed by atoms with Crippen LogP contribution in [0.3, 0.4) is 0 Å². The van der Waals surface area contributed by atoms with Crippen molar-refractivity contribution in [2.45, 2.75) is 26.8 Å². The molecule has 100 valence electrons. The van der Waals surface area contributed by atoms with Crippen LogP contribution in [0.1, 0.15) is 40.3 Å². The molecule has 0 spiro atoms. The maximum atomic E-state index is 10.8. The molecule has 19 heavy (non-hydrogen) atoms. The van der Waals surface area contributed by atoms with Crippen molar-refractivity contribution in [3.8, 4) is 0 Å². The van der Waals surface area contributed by atoms with E-state index < -0.39 is 5.97 Å². The third-order valence-electron chi connectivity index (χ3n) is 3.04. The molecule has 1 aromatic heterocycles. The molecule has 1 unspecified atom stereocenters. The molecule has 0 saturated heterocycles. The molecule has 0 bridgehead atoms. The summed E-state index contributed by atoms with van der Waals surface area (Å²) in [5, 5.41) is 16.1. The zero-order valence-corrected chi connectivity index (χ0v) is 11.1. The van der Waals surface area contributed by atoms with E-state index in [-0.39, 0.29) is 11.6 Å². The molecule has 0 amide bonds. The third-order valence-corrected chi connectivity index (χ3v) is 3.04. The van der Waals surface area contributed by atoms with Crippen LogP contribution in [-0.4, -0.2) is 16.2 Å². The van der Waals surface area contributed by atoms with Gasteiger partial charge in [-0.3, -0.25) is 0 Å². The van der Waals surface area contributed by atoms with Crippen LogP contribution < -0.4 is 5.32 Å². The molecular formula is C14H16N2O3. The van der Waals surface area contributed by atoms with Gasteiger partial charge in [-0.15, -0.1) is 0 Å². The highest BCUT2D eigenvalue weighted by atomic mass is 16.5. The molecule has 1 aromatic carbocycles. The van der Waals surface area contributed by atoms with Gasteiger partial charge in [0.05, 0.1) is 17.3 Å². The van der Waals surface area contributed by atoms with Gasteiger partial charge in [0.1, 0.15) is 5.76 Å². The summed E-state index contributed by atoms with van der Waals surface area (Å²) >= 11 is 0. The van der Waals surface area contributed by atoms with Crippen LogP contribution in [-0.2, 0) is 0 Å². The number of rotatable bonds is 4. The molecule has 1 heterocycles. The Kier molecular flexibility index (Phi) is 3.55. The summed E-state index contributed by atoms with van der Waals surface area (Å²) in [5.41, 5.74) is 3.02. The molecule has 0 aliphatic rings. The van der Waals surface area contributed by atoms with E-state index in [1.807, 2.05) is 20.8 Å². The Balaban J connectivity index is 2.15. The van der Waals surface area contributed by atoms with E-state index in [1.54, 1.807) is 24.3 Å². The van der Waals surface area contributed by atoms with Crippen LogP contribution in [0.15, 0.2) is 28.8 Å². The molecule has 0 fully saturated rings. The molecule has 2 rings (SSSR count). The van der Waals surface area contributed by atoms with Crippen LogP contribution in [0.4, 0.5) is 5.69 Å². The maximum Gasteiger partial charge on any atom is 0.335 e. The summed E-state index contributed by atoms with van der Waals surface area (Å²) in [7, 11) is 0. The van der Waals surface area contributed by atoms with Gasteiger partial charge in [-0.25, -0.2) is 4.79 Å².